The van der Waals surface area contributed by atoms with Crippen molar-refractivity contribution in [3.05, 3.63) is 34.9 Å². The minimum absolute atomic E-state index is 0.121. The molecule has 0 spiro atoms. The van der Waals surface area contributed by atoms with Gasteiger partial charge < -0.3 is 10.2 Å². The molecule has 2 atom stereocenters. The zero-order valence-electron chi connectivity index (χ0n) is 11.8. The summed E-state index contributed by atoms with van der Waals surface area (Å²) < 4.78 is 0. The van der Waals surface area contributed by atoms with Crippen molar-refractivity contribution in [2.75, 3.05) is 19.6 Å². The molecule has 0 bridgehead atoms. The van der Waals surface area contributed by atoms with Crippen molar-refractivity contribution in [1.29, 1.82) is 0 Å². The van der Waals surface area contributed by atoms with Crippen LogP contribution in [0.3, 0.4) is 0 Å². The van der Waals surface area contributed by atoms with Crippen molar-refractivity contribution < 1.29 is 4.79 Å². The third kappa shape index (κ3) is 2.57. The van der Waals surface area contributed by atoms with Crippen molar-refractivity contribution >= 4 is 17.5 Å². The van der Waals surface area contributed by atoms with Gasteiger partial charge in [-0.1, -0.05) is 30.7 Å². The second kappa shape index (κ2) is 5.74. The van der Waals surface area contributed by atoms with E-state index in [1.807, 2.05) is 18.2 Å². The van der Waals surface area contributed by atoms with E-state index >= 15 is 0 Å². The maximum atomic E-state index is 12.7. The summed E-state index contributed by atoms with van der Waals surface area (Å²) in [6.45, 7) is 4.90. The van der Waals surface area contributed by atoms with E-state index in [4.69, 9.17) is 11.6 Å². The Morgan fingerprint density at radius 1 is 1.45 bits per heavy atom. The summed E-state index contributed by atoms with van der Waals surface area (Å²) in [4.78, 5) is 14.8. The minimum Gasteiger partial charge on any atom is -0.335 e. The molecule has 0 radical (unpaired) electrons. The second-order valence-electron chi connectivity index (χ2n) is 5.95. The van der Waals surface area contributed by atoms with Gasteiger partial charge in [-0.2, -0.15) is 0 Å². The maximum absolute atomic E-state index is 12.7. The predicted molar refractivity (Wildman–Crippen MR) is 80.7 cm³/mol. The first-order chi connectivity index (χ1) is 9.66. The highest BCUT2D eigenvalue weighted by Crippen LogP contribution is 2.35. The average molecular weight is 293 g/mol. The first-order valence-corrected chi connectivity index (χ1v) is 7.81. The number of likely N-dealkylation sites (tertiary alicyclic amines) is 1. The Bertz CT molecular complexity index is 501. The Balaban J connectivity index is 1.76. The molecule has 1 amide bonds. The van der Waals surface area contributed by atoms with Crippen LogP contribution >= 0.6 is 11.6 Å². The lowest BCUT2D eigenvalue weighted by Gasteiger charge is -2.35. The first kappa shape index (κ1) is 13.9. The maximum Gasteiger partial charge on any atom is 0.226 e. The van der Waals surface area contributed by atoms with Crippen molar-refractivity contribution in [3.63, 3.8) is 0 Å². The number of hydrogen-bond donors (Lipinski definition) is 1. The zero-order chi connectivity index (χ0) is 14.1. The van der Waals surface area contributed by atoms with Gasteiger partial charge >= 0.3 is 0 Å². The molecular formula is C16H21ClN2O. The standard InChI is InChI=1S/C16H21ClN2O/c1-11(13-9-18-10-13)16(20)19-7-3-6-15(19)12-4-2-5-14(17)8-12/h2,4-5,8,11,13,15,18H,3,6-7,9-10H2,1H3. The van der Waals surface area contributed by atoms with Crippen LogP contribution in [-0.4, -0.2) is 30.4 Å². The van der Waals surface area contributed by atoms with Gasteiger partial charge in [0, 0.05) is 17.5 Å². The van der Waals surface area contributed by atoms with Crippen LogP contribution in [0.4, 0.5) is 0 Å². The highest BCUT2D eigenvalue weighted by Gasteiger charge is 2.36. The highest BCUT2D eigenvalue weighted by atomic mass is 35.5. The molecule has 0 saturated carbocycles. The molecule has 4 heteroatoms. The minimum atomic E-state index is 0.121. The van der Waals surface area contributed by atoms with E-state index in [9.17, 15) is 4.79 Å². The van der Waals surface area contributed by atoms with Crippen molar-refractivity contribution in [3.8, 4) is 0 Å². The van der Waals surface area contributed by atoms with Crippen molar-refractivity contribution in [2.24, 2.45) is 11.8 Å². The summed E-state index contributed by atoms with van der Waals surface area (Å²) in [5.41, 5.74) is 1.17. The lowest BCUT2D eigenvalue weighted by molar-refractivity contribution is -0.138. The van der Waals surface area contributed by atoms with E-state index in [0.29, 0.717) is 11.8 Å². The molecule has 0 aliphatic carbocycles. The van der Waals surface area contributed by atoms with Crippen LogP contribution in [0.25, 0.3) is 0 Å². The van der Waals surface area contributed by atoms with Crippen LogP contribution in [0.15, 0.2) is 24.3 Å². The summed E-state index contributed by atoms with van der Waals surface area (Å²) in [6, 6.07) is 8.13. The zero-order valence-corrected chi connectivity index (χ0v) is 12.6. The summed E-state index contributed by atoms with van der Waals surface area (Å²) in [6.07, 6.45) is 2.13. The number of carbonyl (C=O) groups is 1. The fourth-order valence-electron chi connectivity index (χ4n) is 3.22. The Labute approximate surface area is 125 Å². The molecule has 1 aromatic carbocycles. The van der Waals surface area contributed by atoms with Gasteiger partial charge in [0.15, 0.2) is 0 Å². The topological polar surface area (TPSA) is 32.3 Å². The summed E-state index contributed by atoms with van der Waals surface area (Å²) in [5.74, 6) is 0.929. The summed E-state index contributed by atoms with van der Waals surface area (Å²) in [5, 5.41) is 4.00. The molecule has 0 aromatic heterocycles. The molecule has 108 valence electrons. The molecule has 2 aliphatic heterocycles. The van der Waals surface area contributed by atoms with E-state index < -0.39 is 0 Å². The fraction of sp³-hybridized carbons (Fsp3) is 0.562. The number of nitrogens with zero attached hydrogens (tertiary/aromatic N) is 1. The number of halogens is 1. The predicted octanol–water partition coefficient (Wildman–Crippen LogP) is 2.86. The van der Waals surface area contributed by atoms with Gasteiger partial charge in [0.1, 0.15) is 0 Å². The monoisotopic (exact) mass is 292 g/mol. The van der Waals surface area contributed by atoms with Crippen LogP contribution in [0.2, 0.25) is 5.02 Å². The smallest absolute Gasteiger partial charge is 0.226 e. The molecule has 20 heavy (non-hydrogen) atoms. The van der Waals surface area contributed by atoms with E-state index in [0.717, 1.165) is 37.5 Å². The SMILES string of the molecule is CC(C(=O)N1CCCC1c1cccc(Cl)c1)C1CNC1. The van der Waals surface area contributed by atoms with Crippen molar-refractivity contribution in [1.82, 2.24) is 10.2 Å². The Kier molecular flexibility index (Phi) is 3.99. The normalized spacial score (nSPS) is 24.5. The Morgan fingerprint density at radius 3 is 2.90 bits per heavy atom. The molecule has 2 heterocycles. The quantitative estimate of drug-likeness (QED) is 0.929. The van der Waals surface area contributed by atoms with Gasteiger partial charge in [-0.3, -0.25) is 4.79 Å². The third-order valence-electron chi connectivity index (χ3n) is 4.68. The van der Waals surface area contributed by atoms with Crippen molar-refractivity contribution in [2.45, 2.75) is 25.8 Å². The number of amides is 1. The molecule has 2 aliphatic rings. The number of benzene rings is 1. The Hall–Kier alpha value is -1.06. The van der Waals surface area contributed by atoms with E-state index in [-0.39, 0.29) is 12.0 Å². The molecule has 1 N–H and O–H groups in total. The van der Waals surface area contributed by atoms with Gasteiger partial charge in [0.05, 0.1) is 6.04 Å². The third-order valence-corrected chi connectivity index (χ3v) is 4.91. The molecule has 3 rings (SSSR count). The van der Waals surface area contributed by atoms with Crippen LogP contribution < -0.4 is 5.32 Å². The van der Waals surface area contributed by atoms with Crippen LogP contribution in [0.5, 0.6) is 0 Å². The molecule has 2 fully saturated rings. The molecule has 2 saturated heterocycles. The molecule has 1 aromatic rings. The molecule has 2 unspecified atom stereocenters. The molecular weight excluding hydrogens is 272 g/mol. The van der Waals surface area contributed by atoms with Crippen LogP contribution in [-0.2, 0) is 4.79 Å². The van der Waals surface area contributed by atoms with Gasteiger partial charge in [-0.05, 0) is 49.5 Å². The van der Waals surface area contributed by atoms with Crippen LogP contribution in [0, 0.1) is 11.8 Å². The number of hydrogen-bond acceptors (Lipinski definition) is 2. The number of carbonyl (C=O) groups excluding carboxylic acids is 1. The second-order valence-corrected chi connectivity index (χ2v) is 6.39. The highest BCUT2D eigenvalue weighted by molar-refractivity contribution is 6.30. The van der Waals surface area contributed by atoms with E-state index in [2.05, 4.69) is 23.2 Å². The largest absolute Gasteiger partial charge is 0.335 e. The number of rotatable bonds is 3. The number of nitrogens with one attached hydrogen (secondary N) is 1. The van der Waals surface area contributed by atoms with Gasteiger partial charge in [-0.15, -0.1) is 0 Å². The van der Waals surface area contributed by atoms with E-state index in [1.165, 1.54) is 5.56 Å². The van der Waals surface area contributed by atoms with Gasteiger partial charge in [-0.25, -0.2) is 0 Å². The lowest BCUT2D eigenvalue weighted by atomic mass is 9.87. The first-order valence-electron chi connectivity index (χ1n) is 7.43. The Morgan fingerprint density at radius 2 is 2.25 bits per heavy atom. The summed E-state index contributed by atoms with van der Waals surface area (Å²) in [7, 11) is 0. The van der Waals surface area contributed by atoms with Gasteiger partial charge in [0.25, 0.3) is 0 Å². The van der Waals surface area contributed by atoms with E-state index in [1.54, 1.807) is 0 Å². The summed E-state index contributed by atoms with van der Waals surface area (Å²) >= 11 is 6.08. The fourth-order valence-corrected chi connectivity index (χ4v) is 3.42. The van der Waals surface area contributed by atoms with Crippen LogP contribution in [0.1, 0.15) is 31.4 Å². The average Bonchev–Trinajstić information content (AvgIpc) is 2.84. The molecule has 3 nitrogen and oxygen atoms in total. The van der Waals surface area contributed by atoms with Gasteiger partial charge in [0.2, 0.25) is 5.91 Å². The lowest BCUT2D eigenvalue weighted by Crippen LogP contribution is -2.50.